The zero-order chi connectivity index (χ0) is 11.5. The standard InChI is InChI=1S/C12H22O.C2H6/c1-9-4-3-5-10-8-12(2,13)7-6-11(9)10;1-2/h9-11,13H,3-8H2,1-2H3;1-2H3/t9?,10?,11?,12-;/m0./s1. The Labute approximate surface area is 95.3 Å². The average Bonchev–Trinajstić information content (AvgIpc) is 2.19. The molecular weight excluding hydrogens is 184 g/mol. The van der Waals surface area contributed by atoms with E-state index in [1.807, 2.05) is 20.8 Å². The summed E-state index contributed by atoms with van der Waals surface area (Å²) in [6.07, 6.45) is 7.52. The predicted molar refractivity (Wildman–Crippen MR) is 65.8 cm³/mol. The molecule has 0 aromatic carbocycles. The van der Waals surface area contributed by atoms with Crippen molar-refractivity contribution in [3.05, 3.63) is 0 Å². The summed E-state index contributed by atoms with van der Waals surface area (Å²) in [7, 11) is 0. The molecule has 4 atom stereocenters. The first-order valence-electron chi connectivity index (χ1n) is 6.81. The largest absolute Gasteiger partial charge is 0.390 e. The van der Waals surface area contributed by atoms with Gasteiger partial charge >= 0.3 is 0 Å². The smallest absolute Gasteiger partial charge is 0.0622 e. The van der Waals surface area contributed by atoms with Crippen molar-refractivity contribution in [3.8, 4) is 0 Å². The van der Waals surface area contributed by atoms with E-state index in [1.54, 1.807) is 0 Å². The van der Waals surface area contributed by atoms with E-state index in [1.165, 1.54) is 25.7 Å². The van der Waals surface area contributed by atoms with Crippen LogP contribution in [0.15, 0.2) is 0 Å². The lowest BCUT2D eigenvalue weighted by atomic mass is 9.63. The highest BCUT2D eigenvalue weighted by Crippen LogP contribution is 2.46. The first kappa shape index (κ1) is 13.0. The molecule has 0 aromatic rings. The van der Waals surface area contributed by atoms with Crippen LogP contribution < -0.4 is 0 Å². The Bertz CT molecular complexity index is 186. The molecule has 2 aliphatic carbocycles. The van der Waals surface area contributed by atoms with E-state index in [4.69, 9.17) is 0 Å². The second kappa shape index (κ2) is 5.34. The third-order valence-corrected chi connectivity index (χ3v) is 4.29. The average molecular weight is 212 g/mol. The summed E-state index contributed by atoms with van der Waals surface area (Å²) >= 11 is 0. The maximum absolute atomic E-state index is 10.00. The monoisotopic (exact) mass is 212 g/mol. The van der Waals surface area contributed by atoms with Gasteiger partial charge < -0.3 is 5.11 Å². The van der Waals surface area contributed by atoms with Crippen LogP contribution in [-0.2, 0) is 0 Å². The highest BCUT2D eigenvalue weighted by molar-refractivity contribution is 4.91. The van der Waals surface area contributed by atoms with Gasteiger partial charge in [-0.1, -0.05) is 40.0 Å². The van der Waals surface area contributed by atoms with Crippen LogP contribution in [0.3, 0.4) is 0 Å². The van der Waals surface area contributed by atoms with Crippen LogP contribution in [0.5, 0.6) is 0 Å². The molecule has 0 amide bonds. The number of aliphatic hydroxyl groups is 1. The molecule has 90 valence electrons. The summed E-state index contributed by atoms with van der Waals surface area (Å²) in [4.78, 5) is 0. The summed E-state index contributed by atoms with van der Waals surface area (Å²) in [6.45, 7) is 8.42. The fraction of sp³-hybridized carbons (Fsp3) is 1.00. The van der Waals surface area contributed by atoms with E-state index in [0.29, 0.717) is 0 Å². The minimum Gasteiger partial charge on any atom is -0.390 e. The highest BCUT2D eigenvalue weighted by Gasteiger charge is 2.39. The van der Waals surface area contributed by atoms with Gasteiger partial charge in [-0.25, -0.2) is 0 Å². The highest BCUT2D eigenvalue weighted by atomic mass is 16.3. The van der Waals surface area contributed by atoms with Crippen molar-refractivity contribution in [2.45, 2.75) is 71.8 Å². The lowest BCUT2D eigenvalue weighted by Gasteiger charge is -2.45. The quantitative estimate of drug-likeness (QED) is 0.643. The van der Waals surface area contributed by atoms with Crippen molar-refractivity contribution in [2.24, 2.45) is 17.8 Å². The predicted octanol–water partition coefficient (Wildman–Crippen LogP) is 4.00. The minimum absolute atomic E-state index is 0.349. The molecule has 2 aliphatic rings. The number of rotatable bonds is 0. The first-order valence-corrected chi connectivity index (χ1v) is 6.81. The van der Waals surface area contributed by atoms with Gasteiger partial charge in [0.25, 0.3) is 0 Å². The van der Waals surface area contributed by atoms with E-state index in [0.717, 1.165) is 30.6 Å². The van der Waals surface area contributed by atoms with Crippen LogP contribution in [-0.4, -0.2) is 10.7 Å². The Kier molecular flexibility index (Phi) is 4.64. The zero-order valence-electron chi connectivity index (χ0n) is 10.9. The Morgan fingerprint density at radius 1 is 1.13 bits per heavy atom. The molecule has 1 N–H and O–H groups in total. The van der Waals surface area contributed by atoms with E-state index in [-0.39, 0.29) is 5.60 Å². The van der Waals surface area contributed by atoms with Crippen LogP contribution in [0.25, 0.3) is 0 Å². The Hall–Kier alpha value is -0.0400. The molecule has 3 unspecified atom stereocenters. The van der Waals surface area contributed by atoms with Crippen molar-refractivity contribution >= 4 is 0 Å². The first-order chi connectivity index (χ1) is 7.08. The van der Waals surface area contributed by atoms with Gasteiger partial charge in [0.1, 0.15) is 0 Å². The van der Waals surface area contributed by atoms with E-state index < -0.39 is 0 Å². The van der Waals surface area contributed by atoms with Gasteiger partial charge in [0, 0.05) is 0 Å². The van der Waals surface area contributed by atoms with Crippen molar-refractivity contribution in [3.63, 3.8) is 0 Å². The maximum Gasteiger partial charge on any atom is 0.0622 e. The SMILES string of the molecule is CC.CC1CCCC2C[C@@](C)(O)CCC12. The Balaban J connectivity index is 0.000000531. The third-order valence-electron chi connectivity index (χ3n) is 4.29. The Morgan fingerprint density at radius 3 is 2.47 bits per heavy atom. The van der Waals surface area contributed by atoms with Crippen LogP contribution in [0, 0.1) is 17.8 Å². The van der Waals surface area contributed by atoms with Gasteiger partial charge in [-0.05, 0) is 43.9 Å². The lowest BCUT2D eigenvalue weighted by Crippen LogP contribution is -2.40. The van der Waals surface area contributed by atoms with Gasteiger partial charge in [0.15, 0.2) is 0 Å². The maximum atomic E-state index is 10.00. The van der Waals surface area contributed by atoms with E-state index >= 15 is 0 Å². The summed E-state index contributed by atoms with van der Waals surface area (Å²) in [6, 6.07) is 0. The van der Waals surface area contributed by atoms with Gasteiger partial charge in [-0.3, -0.25) is 0 Å². The minimum atomic E-state index is -0.349. The van der Waals surface area contributed by atoms with Gasteiger partial charge in [0.2, 0.25) is 0 Å². The molecular formula is C14H28O. The van der Waals surface area contributed by atoms with Gasteiger partial charge in [-0.15, -0.1) is 0 Å². The molecule has 1 heteroatoms. The zero-order valence-corrected chi connectivity index (χ0v) is 10.9. The molecule has 2 fully saturated rings. The fourth-order valence-corrected chi connectivity index (χ4v) is 3.51. The summed E-state index contributed by atoms with van der Waals surface area (Å²) in [5.74, 6) is 2.66. The molecule has 2 saturated carbocycles. The Morgan fingerprint density at radius 2 is 1.80 bits per heavy atom. The molecule has 2 rings (SSSR count). The second-order valence-corrected chi connectivity index (χ2v) is 5.57. The molecule has 0 aliphatic heterocycles. The molecule has 0 spiro atoms. The van der Waals surface area contributed by atoms with Gasteiger partial charge in [0.05, 0.1) is 5.60 Å². The van der Waals surface area contributed by atoms with Crippen molar-refractivity contribution in [1.82, 2.24) is 0 Å². The third kappa shape index (κ3) is 3.21. The molecule has 1 nitrogen and oxygen atoms in total. The fourth-order valence-electron chi connectivity index (χ4n) is 3.51. The number of fused-ring (bicyclic) bond motifs is 1. The molecule has 0 radical (unpaired) electrons. The van der Waals surface area contributed by atoms with Crippen molar-refractivity contribution < 1.29 is 5.11 Å². The van der Waals surface area contributed by atoms with Crippen molar-refractivity contribution in [1.29, 1.82) is 0 Å². The molecule has 15 heavy (non-hydrogen) atoms. The lowest BCUT2D eigenvalue weighted by molar-refractivity contribution is -0.0432. The molecule has 0 aromatic heterocycles. The summed E-state index contributed by atoms with van der Waals surface area (Å²) < 4.78 is 0. The van der Waals surface area contributed by atoms with Crippen LogP contribution in [0.2, 0.25) is 0 Å². The van der Waals surface area contributed by atoms with Crippen LogP contribution in [0.1, 0.15) is 66.2 Å². The summed E-state index contributed by atoms with van der Waals surface area (Å²) in [5.41, 5.74) is -0.349. The second-order valence-electron chi connectivity index (χ2n) is 5.57. The van der Waals surface area contributed by atoms with Crippen LogP contribution in [0.4, 0.5) is 0 Å². The summed E-state index contributed by atoms with van der Waals surface area (Å²) in [5, 5.41) is 10.00. The van der Waals surface area contributed by atoms with E-state index in [9.17, 15) is 5.11 Å². The number of hydrogen-bond donors (Lipinski definition) is 1. The topological polar surface area (TPSA) is 20.2 Å². The van der Waals surface area contributed by atoms with E-state index in [2.05, 4.69) is 6.92 Å². The molecule has 0 saturated heterocycles. The van der Waals surface area contributed by atoms with Crippen molar-refractivity contribution in [2.75, 3.05) is 0 Å². The normalized spacial score (nSPS) is 45.0. The number of hydrogen-bond acceptors (Lipinski definition) is 1. The molecule has 0 bridgehead atoms. The van der Waals surface area contributed by atoms with Crippen LogP contribution >= 0.6 is 0 Å². The van der Waals surface area contributed by atoms with Gasteiger partial charge in [-0.2, -0.15) is 0 Å². The molecule has 0 heterocycles.